The second-order valence-corrected chi connectivity index (χ2v) is 5.43. The van der Waals surface area contributed by atoms with E-state index in [-0.39, 0.29) is 23.7 Å². The Bertz CT molecular complexity index is 615. The van der Waals surface area contributed by atoms with Gasteiger partial charge in [-0.05, 0) is 29.6 Å². The van der Waals surface area contributed by atoms with Crippen molar-refractivity contribution in [3.05, 3.63) is 54.1 Å². The van der Waals surface area contributed by atoms with Crippen molar-refractivity contribution in [1.29, 1.82) is 0 Å². The number of likely N-dealkylation sites (tertiary alicyclic amines) is 1. The number of imide groups is 1. The lowest BCUT2D eigenvalue weighted by atomic mass is 9.75. The Kier molecular flexibility index (Phi) is 3.05. The van der Waals surface area contributed by atoms with E-state index in [1.807, 2.05) is 36.4 Å². The fourth-order valence-corrected chi connectivity index (χ4v) is 3.27. The van der Waals surface area contributed by atoms with Gasteiger partial charge in [0.25, 0.3) is 0 Å². The van der Waals surface area contributed by atoms with Gasteiger partial charge in [0.2, 0.25) is 11.8 Å². The Morgan fingerprint density at radius 1 is 1.10 bits per heavy atom. The number of rotatable bonds is 2. The first-order valence-electron chi connectivity index (χ1n) is 6.84. The van der Waals surface area contributed by atoms with Gasteiger partial charge in [-0.1, -0.05) is 43.0 Å². The molecule has 3 nitrogen and oxygen atoms in total. The average molecular weight is 267 g/mol. The zero-order valence-corrected chi connectivity index (χ0v) is 11.5. The molecule has 3 heteroatoms. The molecule has 0 radical (unpaired) electrons. The summed E-state index contributed by atoms with van der Waals surface area (Å²) in [5.41, 5.74) is 3.36. The largest absolute Gasteiger partial charge is 0.285 e. The van der Waals surface area contributed by atoms with Crippen molar-refractivity contribution in [1.82, 2.24) is 4.90 Å². The molecule has 0 aromatic heterocycles. The molecule has 1 heterocycles. The van der Waals surface area contributed by atoms with E-state index in [2.05, 4.69) is 6.58 Å². The number of amides is 2. The maximum atomic E-state index is 12.2. The summed E-state index contributed by atoms with van der Waals surface area (Å²) in [7, 11) is 1.58. The fourth-order valence-electron chi connectivity index (χ4n) is 3.27. The zero-order valence-electron chi connectivity index (χ0n) is 11.5. The van der Waals surface area contributed by atoms with Crippen molar-refractivity contribution in [2.24, 2.45) is 11.8 Å². The van der Waals surface area contributed by atoms with Crippen molar-refractivity contribution in [2.75, 3.05) is 7.05 Å². The molecule has 1 aromatic rings. The standard InChI is InChI=1S/C17H17NO2/c1-3-11-9-14-15(17(20)18(2)16(14)19)10-13(11)12-7-5-4-6-8-12/h3-8,14-15H,1,9-10H2,2H3/t14-,15+/m0/s1. The summed E-state index contributed by atoms with van der Waals surface area (Å²) in [5.74, 6) is -0.498. The lowest BCUT2D eigenvalue weighted by Crippen LogP contribution is -2.26. The molecule has 1 aliphatic carbocycles. The first-order valence-corrected chi connectivity index (χ1v) is 6.84. The lowest BCUT2D eigenvalue weighted by molar-refractivity contribution is -0.138. The summed E-state index contributed by atoms with van der Waals surface area (Å²) >= 11 is 0. The summed E-state index contributed by atoms with van der Waals surface area (Å²) in [6.07, 6.45) is 3.08. The van der Waals surface area contributed by atoms with E-state index in [0.29, 0.717) is 12.8 Å². The monoisotopic (exact) mass is 267 g/mol. The topological polar surface area (TPSA) is 37.4 Å². The average Bonchev–Trinajstić information content (AvgIpc) is 2.71. The maximum absolute atomic E-state index is 12.2. The number of carbonyl (C=O) groups is 2. The van der Waals surface area contributed by atoms with Gasteiger partial charge in [-0.2, -0.15) is 0 Å². The van der Waals surface area contributed by atoms with Crippen LogP contribution in [-0.4, -0.2) is 23.8 Å². The van der Waals surface area contributed by atoms with Gasteiger partial charge < -0.3 is 0 Å². The summed E-state index contributed by atoms with van der Waals surface area (Å²) in [4.78, 5) is 25.6. The van der Waals surface area contributed by atoms with Crippen LogP contribution < -0.4 is 0 Å². The molecule has 0 bridgehead atoms. The molecular formula is C17H17NO2. The molecule has 1 aliphatic heterocycles. The normalized spacial score (nSPS) is 25.9. The van der Waals surface area contributed by atoms with Crippen LogP contribution in [0.15, 0.2) is 48.6 Å². The van der Waals surface area contributed by atoms with Gasteiger partial charge in [0, 0.05) is 7.05 Å². The minimum atomic E-state index is -0.202. The number of benzene rings is 1. The minimum absolute atomic E-state index is 0.0449. The van der Waals surface area contributed by atoms with Gasteiger partial charge in [-0.15, -0.1) is 0 Å². The first kappa shape index (κ1) is 12.9. The summed E-state index contributed by atoms with van der Waals surface area (Å²) in [6, 6.07) is 10.0. The summed E-state index contributed by atoms with van der Waals surface area (Å²) in [5, 5.41) is 0. The van der Waals surface area contributed by atoms with E-state index in [4.69, 9.17) is 0 Å². The number of fused-ring (bicyclic) bond motifs is 1. The molecule has 1 fully saturated rings. The molecule has 0 N–H and O–H groups in total. The molecule has 0 spiro atoms. The molecule has 0 unspecified atom stereocenters. The Morgan fingerprint density at radius 2 is 1.70 bits per heavy atom. The lowest BCUT2D eigenvalue weighted by Gasteiger charge is -2.26. The fraction of sp³-hybridized carbons (Fsp3) is 0.294. The second kappa shape index (κ2) is 4.75. The van der Waals surface area contributed by atoms with Gasteiger partial charge in [0.1, 0.15) is 0 Å². The van der Waals surface area contributed by atoms with Gasteiger partial charge in [0.05, 0.1) is 11.8 Å². The highest BCUT2D eigenvalue weighted by Crippen LogP contribution is 2.44. The van der Waals surface area contributed by atoms with Crippen molar-refractivity contribution in [3.63, 3.8) is 0 Å². The zero-order chi connectivity index (χ0) is 14.3. The minimum Gasteiger partial charge on any atom is -0.285 e. The van der Waals surface area contributed by atoms with E-state index in [0.717, 1.165) is 16.7 Å². The summed E-state index contributed by atoms with van der Waals surface area (Å²) < 4.78 is 0. The molecule has 0 saturated carbocycles. The van der Waals surface area contributed by atoms with Crippen molar-refractivity contribution in [2.45, 2.75) is 12.8 Å². The first-order chi connectivity index (χ1) is 9.63. The van der Waals surface area contributed by atoms with Crippen LogP contribution in [-0.2, 0) is 9.59 Å². The van der Waals surface area contributed by atoms with Crippen LogP contribution >= 0.6 is 0 Å². The number of hydrogen-bond donors (Lipinski definition) is 0. The number of carbonyl (C=O) groups excluding carboxylic acids is 2. The predicted molar refractivity (Wildman–Crippen MR) is 77.6 cm³/mol. The second-order valence-electron chi connectivity index (χ2n) is 5.43. The molecule has 3 rings (SSSR count). The quantitative estimate of drug-likeness (QED) is 0.772. The van der Waals surface area contributed by atoms with Crippen LogP contribution in [0.4, 0.5) is 0 Å². The number of allylic oxidation sites excluding steroid dienone is 3. The third-order valence-electron chi connectivity index (χ3n) is 4.40. The molecule has 1 saturated heterocycles. The Balaban J connectivity index is 2.03. The molecule has 20 heavy (non-hydrogen) atoms. The Labute approximate surface area is 118 Å². The summed E-state index contributed by atoms with van der Waals surface area (Å²) in [6.45, 7) is 3.87. The predicted octanol–water partition coefficient (Wildman–Crippen LogP) is 2.65. The van der Waals surface area contributed by atoms with Crippen LogP contribution in [0.5, 0.6) is 0 Å². The van der Waals surface area contributed by atoms with E-state index < -0.39 is 0 Å². The highest BCUT2D eigenvalue weighted by atomic mass is 16.2. The van der Waals surface area contributed by atoms with Crippen LogP contribution in [0.2, 0.25) is 0 Å². The van der Waals surface area contributed by atoms with Gasteiger partial charge in [-0.3, -0.25) is 14.5 Å². The van der Waals surface area contributed by atoms with Gasteiger partial charge in [-0.25, -0.2) is 0 Å². The van der Waals surface area contributed by atoms with Gasteiger partial charge in [0.15, 0.2) is 0 Å². The van der Waals surface area contributed by atoms with Crippen LogP contribution in [0.1, 0.15) is 18.4 Å². The smallest absolute Gasteiger partial charge is 0.233 e. The molecule has 102 valence electrons. The van der Waals surface area contributed by atoms with Crippen molar-refractivity contribution >= 4 is 17.4 Å². The number of hydrogen-bond acceptors (Lipinski definition) is 2. The van der Waals surface area contributed by atoms with E-state index >= 15 is 0 Å². The SMILES string of the molecule is C=CC1=C(c2ccccc2)C[C@H]2C(=O)N(C)C(=O)[C@H]2C1. The third kappa shape index (κ3) is 1.82. The highest BCUT2D eigenvalue weighted by molar-refractivity contribution is 6.06. The molecular weight excluding hydrogens is 250 g/mol. The molecule has 2 atom stereocenters. The van der Waals surface area contributed by atoms with Crippen molar-refractivity contribution in [3.8, 4) is 0 Å². The van der Waals surface area contributed by atoms with Crippen molar-refractivity contribution < 1.29 is 9.59 Å². The van der Waals surface area contributed by atoms with E-state index in [1.54, 1.807) is 7.05 Å². The Morgan fingerprint density at radius 3 is 2.30 bits per heavy atom. The molecule has 2 amide bonds. The molecule has 1 aromatic carbocycles. The van der Waals surface area contributed by atoms with Crippen LogP contribution in [0.25, 0.3) is 5.57 Å². The third-order valence-corrected chi connectivity index (χ3v) is 4.40. The van der Waals surface area contributed by atoms with Crippen LogP contribution in [0.3, 0.4) is 0 Å². The molecule has 2 aliphatic rings. The van der Waals surface area contributed by atoms with Crippen LogP contribution in [0, 0.1) is 11.8 Å². The Hall–Kier alpha value is -2.16. The van der Waals surface area contributed by atoms with Gasteiger partial charge >= 0.3 is 0 Å². The van der Waals surface area contributed by atoms with E-state index in [1.165, 1.54) is 4.90 Å². The highest BCUT2D eigenvalue weighted by Gasteiger charge is 2.48. The maximum Gasteiger partial charge on any atom is 0.233 e. The van der Waals surface area contributed by atoms with E-state index in [9.17, 15) is 9.59 Å². The number of nitrogens with zero attached hydrogens (tertiary/aromatic N) is 1.